The number of benzene rings is 1. The van der Waals surface area contributed by atoms with E-state index in [1.165, 1.54) is 12.1 Å². The second-order valence-corrected chi connectivity index (χ2v) is 5.86. The van der Waals surface area contributed by atoms with Crippen LogP contribution in [-0.2, 0) is 6.54 Å². The van der Waals surface area contributed by atoms with Crippen molar-refractivity contribution in [3.63, 3.8) is 0 Å². The highest BCUT2D eigenvalue weighted by molar-refractivity contribution is 5.94. The third kappa shape index (κ3) is 3.96. The number of amides is 1. The number of carbonyl (C=O) groups excluding carboxylic acids is 1. The molecule has 0 saturated carbocycles. The van der Waals surface area contributed by atoms with E-state index in [1.807, 2.05) is 13.0 Å². The first-order chi connectivity index (χ1) is 11.1. The van der Waals surface area contributed by atoms with Gasteiger partial charge in [-0.2, -0.15) is 0 Å². The second-order valence-electron chi connectivity index (χ2n) is 5.86. The molecule has 0 radical (unpaired) electrons. The van der Waals surface area contributed by atoms with Crippen LogP contribution in [0.1, 0.15) is 28.2 Å². The molecule has 2 aromatic rings. The molecule has 0 aliphatic carbocycles. The summed E-state index contributed by atoms with van der Waals surface area (Å²) >= 11 is 0. The fraction of sp³-hybridized carbons (Fsp3) is 0.412. The summed E-state index contributed by atoms with van der Waals surface area (Å²) in [5, 5.41) is 4.01. The third-order valence-corrected chi connectivity index (χ3v) is 4.01. The molecule has 122 valence electrons. The van der Waals surface area contributed by atoms with Crippen LogP contribution in [0.3, 0.4) is 0 Å². The Labute approximate surface area is 134 Å². The Bertz CT molecular complexity index is 686. The first kappa shape index (κ1) is 15.7. The van der Waals surface area contributed by atoms with Gasteiger partial charge in [0.25, 0.3) is 5.91 Å². The normalized spacial score (nSPS) is 16.3. The van der Waals surface area contributed by atoms with E-state index in [4.69, 9.17) is 4.52 Å². The summed E-state index contributed by atoms with van der Waals surface area (Å²) in [7, 11) is 0. The predicted octanol–water partition coefficient (Wildman–Crippen LogP) is 2.47. The van der Waals surface area contributed by atoms with Crippen molar-refractivity contribution in [3.8, 4) is 0 Å². The molecule has 1 aromatic heterocycles. The molecule has 23 heavy (non-hydrogen) atoms. The SMILES string of the molecule is Cc1cc(CN2CCCN(C(=O)c3cccc(F)c3)CC2)no1. The van der Waals surface area contributed by atoms with Crippen molar-refractivity contribution < 1.29 is 13.7 Å². The molecule has 5 nitrogen and oxygen atoms in total. The first-order valence-corrected chi connectivity index (χ1v) is 7.81. The maximum absolute atomic E-state index is 13.3. The highest BCUT2D eigenvalue weighted by Crippen LogP contribution is 2.13. The van der Waals surface area contributed by atoms with Crippen LogP contribution >= 0.6 is 0 Å². The van der Waals surface area contributed by atoms with Gasteiger partial charge >= 0.3 is 0 Å². The fourth-order valence-electron chi connectivity index (χ4n) is 2.86. The average Bonchev–Trinajstić information content (AvgIpc) is 2.80. The molecule has 1 fully saturated rings. The molecule has 3 rings (SSSR count). The minimum atomic E-state index is -0.381. The standard InChI is InChI=1S/C17H20FN3O2/c1-13-10-16(19-23-13)12-20-6-3-7-21(9-8-20)17(22)14-4-2-5-15(18)11-14/h2,4-5,10-11H,3,6-9,12H2,1H3. The van der Waals surface area contributed by atoms with Crippen molar-refractivity contribution in [2.75, 3.05) is 26.2 Å². The van der Waals surface area contributed by atoms with Gasteiger partial charge in [-0.3, -0.25) is 9.69 Å². The van der Waals surface area contributed by atoms with Gasteiger partial charge in [0, 0.05) is 44.4 Å². The van der Waals surface area contributed by atoms with Crippen LogP contribution in [-0.4, -0.2) is 47.0 Å². The van der Waals surface area contributed by atoms with Gasteiger partial charge in [-0.1, -0.05) is 11.2 Å². The van der Waals surface area contributed by atoms with E-state index in [0.717, 1.165) is 37.5 Å². The number of hydrogen-bond acceptors (Lipinski definition) is 4. The smallest absolute Gasteiger partial charge is 0.254 e. The number of aromatic nitrogens is 1. The fourth-order valence-corrected chi connectivity index (χ4v) is 2.86. The summed E-state index contributed by atoms with van der Waals surface area (Å²) in [5.74, 6) is 0.315. The van der Waals surface area contributed by atoms with Crippen molar-refractivity contribution in [2.45, 2.75) is 19.9 Å². The molecule has 1 amide bonds. The molecule has 0 N–H and O–H groups in total. The maximum Gasteiger partial charge on any atom is 0.254 e. The molecule has 1 aliphatic rings. The van der Waals surface area contributed by atoms with Gasteiger partial charge in [0.15, 0.2) is 0 Å². The van der Waals surface area contributed by atoms with E-state index in [-0.39, 0.29) is 11.7 Å². The van der Waals surface area contributed by atoms with Gasteiger partial charge in [-0.15, -0.1) is 0 Å². The van der Waals surface area contributed by atoms with Gasteiger partial charge in [0.1, 0.15) is 11.6 Å². The van der Waals surface area contributed by atoms with E-state index in [2.05, 4.69) is 10.1 Å². The third-order valence-electron chi connectivity index (χ3n) is 4.01. The second kappa shape index (κ2) is 6.91. The highest BCUT2D eigenvalue weighted by atomic mass is 19.1. The summed E-state index contributed by atoms with van der Waals surface area (Å²) in [6, 6.07) is 7.80. The van der Waals surface area contributed by atoms with Gasteiger partial charge < -0.3 is 9.42 Å². The molecule has 1 aliphatic heterocycles. The van der Waals surface area contributed by atoms with Crippen molar-refractivity contribution in [1.82, 2.24) is 15.0 Å². The Morgan fingerprint density at radius 2 is 2.13 bits per heavy atom. The van der Waals surface area contributed by atoms with E-state index in [1.54, 1.807) is 17.0 Å². The number of rotatable bonds is 3. The summed E-state index contributed by atoms with van der Waals surface area (Å²) in [6.07, 6.45) is 0.887. The highest BCUT2D eigenvalue weighted by Gasteiger charge is 2.21. The van der Waals surface area contributed by atoms with Gasteiger partial charge in [-0.25, -0.2) is 4.39 Å². The Morgan fingerprint density at radius 1 is 1.26 bits per heavy atom. The van der Waals surface area contributed by atoms with E-state index in [0.29, 0.717) is 18.7 Å². The predicted molar refractivity (Wildman–Crippen MR) is 83.4 cm³/mol. The zero-order chi connectivity index (χ0) is 16.2. The van der Waals surface area contributed by atoms with Crippen LogP contribution in [0, 0.1) is 12.7 Å². The van der Waals surface area contributed by atoms with Crippen LogP contribution in [0.2, 0.25) is 0 Å². The molecule has 0 atom stereocenters. The Kier molecular flexibility index (Phi) is 4.71. The largest absolute Gasteiger partial charge is 0.361 e. The van der Waals surface area contributed by atoms with Crippen LogP contribution in [0.5, 0.6) is 0 Å². The van der Waals surface area contributed by atoms with E-state index < -0.39 is 0 Å². The van der Waals surface area contributed by atoms with Crippen molar-refractivity contribution in [1.29, 1.82) is 0 Å². The van der Waals surface area contributed by atoms with Gasteiger partial charge in [-0.05, 0) is 31.5 Å². The topological polar surface area (TPSA) is 49.6 Å². The lowest BCUT2D eigenvalue weighted by atomic mass is 10.2. The maximum atomic E-state index is 13.3. The van der Waals surface area contributed by atoms with Crippen molar-refractivity contribution in [3.05, 3.63) is 53.2 Å². The molecule has 0 unspecified atom stereocenters. The number of aryl methyl sites for hydroxylation is 1. The molecule has 0 bridgehead atoms. The monoisotopic (exact) mass is 317 g/mol. The van der Waals surface area contributed by atoms with Crippen LogP contribution in [0.25, 0.3) is 0 Å². The average molecular weight is 317 g/mol. The van der Waals surface area contributed by atoms with Crippen LogP contribution in [0.4, 0.5) is 4.39 Å². The van der Waals surface area contributed by atoms with Crippen LogP contribution in [0.15, 0.2) is 34.9 Å². The van der Waals surface area contributed by atoms with Crippen molar-refractivity contribution in [2.24, 2.45) is 0 Å². The van der Waals surface area contributed by atoms with Crippen LogP contribution < -0.4 is 0 Å². The number of hydrogen-bond donors (Lipinski definition) is 0. The molecule has 0 spiro atoms. The zero-order valence-corrected chi connectivity index (χ0v) is 13.2. The molecule has 2 heterocycles. The van der Waals surface area contributed by atoms with Gasteiger partial charge in [0.05, 0.1) is 5.69 Å². The molecule has 1 aromatic carbocycles. The molecular weight excluding hydrogens is 297 g/mol. The summed E-state index contributed by atoms with van der Waals surface area (Å²) in [5.41, 5.74) is 1.32. The quantitative estimate of drug-likeness (QED) is 0.872. The lowest BCUT2D eigenvalue weighted by molar-refractivity contribution is 0.0760. The minimum absolute atomic E-state index is 0.108. The Balaban J connectivity index is 1.60. The number of nitrogens with zero attached hydrogens (tertiary/aromatic N) is 3. The summed E-state index contributed by atoms with van der Waals surface area (Å²) in [6.45, 7) is 5.58. The summed E-state index contributed by atoms with van der Waals surface area (Å²) in [4.78, 5) is 16.5. The molecular formula is C17H20FN3O2. The number of halogens is 1. The lowest BCUT2D eigenvalue weighted by Crippen LogP contribution is -2.35. The Morgan fingerprint density at radius 3 is 2.87 bits per heavy atom. The zero-order valence-electron chi connectivity index (χ0n) is 13.2. The first-order valence-electron chi connectivity index (χ1n) is 7.81. The molecule has 6 heteroatoms. The Hall–Kier alpha value is -2.21. The summed E-state index contributed by atoms with van der Waals surface area (Å²) < 4.78 is 18.4. The van der Waals surface area contributed by atoms with Crippen molar-refractivity contribution >= 4 is 5.91 Å². The van der Waals surface area contributed by atoms with E-state index in [9.17, 15) is 9.18 Å². The van der Waals surface area contributed by atoms with Gasteiger partial charge in [0.2, 0.25) is 0 Å². The lowest BCUT2D eigenvalue weighted by Gasteiger charge is -2.21. The number of carbonyl (C=O) groups is 1. The van der Waals surface area contributed by atoms with E-state index >= 15 is 0 Å². The molecule has 1 saturated heterocycles. The minimum Gasteiger partial charge on any atom is -0.361 e.